The molecule has 0 aromatic carbocycles. The number of hydrogen-bond acceptors (Lipinski definition) is 5. The van der Waals surface area contributed by atoms with Crippen LogP contribution < -0.4 is 16.0 Å². The molecule has 1 atom stereocenters. The van der Waals surface area contributed by atoms with Gasteiger partial charge in [-0.25, -0.2) is 4.98 Å². The minimum atomic E-state index is 0.119. The van der Waals surface area contributed by atoms with Gasteiger partial charge in [-0.05, 0) is 18.6 Å². The Labute approximate surface area is 145 Å². The molecule has 0 bridgehead atoms. The highest BCUT2D eigenvalue weighted by molar-refractivity contribution is 5.76. The van der Waals surface area contributed by atoms with Gasteiger partial charge >= 0.3 is 0 Å². The number of nitrogens with two attached hydrogens (primary N) is 1. The van der Waals surface area contributed by atoms with Crippen LogP contribution in [-0.2, 0) is 4.79 Å². The summed E-state index contributed by atoms with van der Waals surface area (Å²) >= 11 is 0. The zero-order chi connectivity index (χ0) is 17.2. The Hall–Kier alpha value is -1.66. The molecule has 1 saturated heterocycles. The predicted octanol–water partition coefficient (Wildman–Crippen LogP) is 1.23. The molecule has 1 aliphatic heterocycles. The van der Waals surface area contributed by atoms with Gasteiger partial charge in [-0.2, -0.15) is 0 Å². The number of unbranched alkanes of at least 4 members (excludes halogenated alkanes) is 1. The van der Waals surface area contributed by atoms with E-state index in [1.165, 1.54) is 0 Å². The number of anilines is 1. The summed E-state index contributed by atoms with van der Waals surface area (Å²) in [7, 11) is 0. The first-order chi connectivity index (χ1) is 11.7. The second-order valence-corrected chi connectivity index (χ2v) is 6.41. The average Bonchev–Trinajstić information content (AvgIpc) is 2.64. The molecule has 2 rings (SSSR count). The highest BCUT2D eigenvalue weighted by Gasteiger charge is 2.18. The normalized spacial score (nSPS) is 16.8. The van der Waals surface area contributed by atoms with E-state index in [9.17, 15) is 4.79 Å². The van der Waals surface area contributed by atoms with E-state index in [-0.39, 0.29) is 11.9 Å². The summed E-state index contributed by atoms with van der Waals surface area (Å²) in [5.74, 6) is 1.16. The first-order valence-electron chi connectivity index (χ1n) is 9.10. The second kappa shape index (κ2) is 10.3. The molecule has 2 heterocycles. The molecule has 0 radical (unpaired) electrons. The molecule has 24 heavy (non-hydrogen) atoms. The van der Waals surface area contributed by atoms with E-state index >= 15 is 0 Å². The van der Waals surface area contributed by atoms with Gasteiger partial charge in [-0.15, -0.1) is 0 Å². The maximum absolute atomic E-state index is 12.1. The van der Waals surface area contributed by atoms with Crippen LogP contribution in [0.1, 0.15) is 32.6 Å². The number of carbonyl (C=O) groups excluding carboxylic acids is 1. The standard InChI is InChI=1S/C18H31N5O/c1-2-3-6-16(15-19)21-18(24)8-10-22-11-13-23(14-12-22)17-7-4-5-9-20-17/h4-5,7,9,16H,2-3,6,8,10-15,19H2,1H3,(H,21,24). The number of aromatic nitrogens is 1. The Bertz CT molecular complexity index is 474. The molecule has 3 N–H and O–H groups in total. The van der Waals surface area contributed by atoms with Crippen molar-refractivity contribution in [3.8, 4) is 0 Å². The second-order valence-electron chi connectivity index (χ2n) is 6.41. The first-order valence-corrected chi connectivity index (χ1v) is 9.10. The number of rotatable bonds is 9. The van der Waals surface area contributed by atoms with E-state index in [2.05, 4.69) is 27.0 Å². The van der Waals surface area contributed by atoms with Crippen molar-refractivity contribution in [1.29, 1.82) is 0 Å². The maximum Gasteiger partial charge on any atom is 0.221 e. The van der Waals surface area contributed by atoms with E-state index < -0.39 is 0 Å². The molecule has 6 heteroatoms. The van der Waals surface area contributed by atoms with Crippen LogP contribution in [0.2, 0.25) is 0 Å². The fourth-order valence-corrected chi connectivity index (χ4v) is 3.00. The molecule has 1 aromatic heterocycles. The number of carbonyl (C=O) groups is 1. The highest BCUT2D eigenvalue weighted by atomic mass is 16.1. The Morgan fingerprint density at radius 2 is 2.12 bits per heavy atom. The predicted molar refractivity (Wildman–Crippen MR) is 98.0 cm³/mol. The van der Waals surface area contributed by atoms with Crippen LogP contribution in [0.15, 0.2) is 24.4 Å². The van der Waals surface area contributed by atoms with Gasteiger partial charge in [0.2, 0.25) is 5.91 Å². The molecular formula is C18H31N5O. The number of nitrogens with zero attached hydrogens (tertiary/aromatic N) is 3. The summed E-state index contributed by atoms with van der Waals surface area (Å²) in [5.41, 5.74) is 5.73. The molecule has 1 fully saturated rings. The summed E-state index contributed by atoms with van der Waals surface area (Å²) < 4.78 is 0. The van der Waals surface area contributed by atoms with Crippen molar-refractivity contribution in [2.75, 3.05) is 44.2 Å². The molecule has 0 aliphatic carbocycles. The zero-order valence-electron chi connectivity index (χ0n) is 14.8. The Morgan fingerprint density at radius 1 is 1.33 bits per heavy atom. The lowest BCUT2D eigenvalue weighted by atomic mass is 10.1. The molecule has 0 spiro atoms. The van der Waals surface area contributed by atoms with Gasteiger partial charge < -0.3 is 16.0 Å². The van der Waals surface area contributed by atoms with E-state index in [1.807, 2.05) is 24.4 Å². The molecular weight excluding hydrogens is 302 g/mol. The fraction of sp³-hybridized carbons (Fsp3) is 0.667. The van der Waals surface area contributed by atoms with Crippen molar-refractivity contribution in [2.24, 2.45) is 5.73 Å². The summed E-state index contributed by atoms with van der Waals surface area (Å²) in [6.45, 7) is 7.35. The van der Waals surface area contributed by atoms with E-state index in [4.69, 9.17) is 5.73 Å². The Morgan fingerprint density at radius 3 is 2.75 bits per heavy atom. The number of pyridine rings is 1. The SMILES string of the molecule is CCCCC(CN)NC(=O)CCN1CCN(c2ccccn2)CC1. The van der Waals surface area contributed by atoms with Gasteiger partial charge in [0, 0.05) is 57.9 Å². The maximum atomic E-state index is 12.1. The molecule has 1 aromatic rings. The van der Waals surface area contributed by atoms with Crippen LogP contribution in [-0.4, -0.2) is 61.1 Å². The van der Waals surface area contributed by atoms with Crippen molar-refractivity contribution in [3.05, 3.63) is 24.4 Å². The van der Waals surface area contributed by atoms with Gasteiger partial charge in [-0.3, -0.25) is 9.69 Å². The lowest BCUT2D eigenvalue weighted by molar-refractivity contribution is -0.122. The van der Waals surface area contributed by atoms with Crippen LogP contribution in [0.5, 0.6) is 0 Å². The third-order valence-corrected chi connectivity index (χ3v) is 4.56. The minimum Gasteiger partial charge on any atom is -0.354 e. The lowest BCUT2D eigenvalue weighted by Gasteiger charge is -2.35. The van der Waals surface area contributed by atoms with E-state index in [0.717, 1.165) is 57.8 Å². The van der Waals surface area contributed by atoms with Crippen molar-refractivity contribution in [3.63, 3.8) is 0 Å². The van der Waals surface area contributed by atoms with Crippen LogP contribution >= 0.6 is 0 Å². The average molecular weight is 333 g/mol. The van der Waals surface area contributed by atoms with Crippen molar-refractivity contribution in [2.45, 2.75) is 38.6 Å². The van der Waals surface area contributed by atoms with Crippen molar-refractivity contribution >= 4 is 11.7 Å². The number of amides is 1. The van der Waals surface area contributed by atoms with Crippen LogP contribution in [0.3, 0.4) is 0 Å². The number of nitrogens with one attached hydrogen (secondary N) is 1. The Balaban J connectivity index is 1.66. The van der Waals surface area contributed by atoms with Crippen LogP contribution in [0.25, 0.3) is 0 Å². The van der Waals surface area contributed by atoms with Gasteiger partial charge in [0.25, 0.3) is 0 Å². The lowest BCUT2D eigenvalue weighted by Crippen LogP contribution is -2.48. The molecule has 1 amide bonds. The summed E-state index contributed by atoms with van der Waals surface area (Å²) in [4.78, 5) is 21.1. The van der Waals surface area contributed by atoms with Gasteiger partial charge in [0.15, 0.2) is 0 Å². The highest BCUT2D eigenvalue weighted by Crippen LogP contribution is 2.12. The zero-order valence-corrected chi connectivity index (χ0v) is 14.8. The van der Waals surface area contributed by atoms with E-state index in [1.54, 1.807) is 0 Å². The summed E-state index contributed by atoms with van der Waals surface area (Å²) in [6, 6.07) is 6.13. The largest absolute Gasteiger partial charge is 0.354 e. The molecule has 1 unspecified atom stereocenters. The third kappa shape index (κ3) is 6.09. The monoisotopic (exact) mass is 333 g/mol. The van der Waals surface area contributed by atoms with Crippen molar-refractivity contribution in [1.82, 2.24) is 15.2 Å². The third-order valence-electron chi connectivity index (χ3n) is 4.56. The number of piperazine rings is 1. The fourth-order valence-electron chi connectivity index (χ4n) is 3.00. The van der Waals surface area contributed by atoms with Crippen molar-refractivity contribution < 1.29 is 4.79 Å². The minimum absolute atomic E-state index is 0.119. The van der Waals surface area contributed by atoms with Gasteiger partial charge in [0.05, 0.1) is 0 Å². The van der Waals surface area contributed by atoms with Crippen LogP contribution in [0, 0.1) is 0 Å². The summed E-state index contributed by atoms with van der Waals surface area (Å²) in [6.07, 6.45) is 5.59. The Kier molecular flexibility index (Phi) is 7.98. The summed E-state index contributed by atoms with van der Waals surface area (Å²) in [5, 5.41) is 3.06. The smallest absolute Gasteiger partial charge is 0.221 e. The molecule has 6 nitrogen and oxygen atoms in total. The van der Waals surface area contributed by atoms with Gasteiger partial charge in [0.1, 0.15) is 5.82 Å². The van der Waals surface area contributed by atoms with E-state index in [0.29, 0.717) is 13.0 Å². The molecule has 134 valence electrons. The topological polar surface area (TPSA) is 74.5 Å². The molecule has 0 saturated carbocycles. The van der Waals surface area contributed by atoms with Crippen LogP contribution in [0.4, 0.5) is 5.82 Å². The quantitative estimate of drug-likeness (QED) is 0.711. The first kappa shape index (κ1) is 18.7. The van der Waals surface area contributed by atoms with Gasteiger partial charge in [-0.1, -0.05) is 25.8 Å². The molecule has 1 aliphatic rings. The number of hydrogen-bond donors (Lipinski definition) is 2.